The van der Waals surface area contributed by atoms with Gasteiger partial charge in [-0.3, -0.25) is 0 Å². The number of hydrogen-bond donors (Lipinski definition) is 1. The van der Waals surface area contributed by atoms with Crippen LogP contribution in [-0.2, 0) is 6.18 Å². The van der Waals surface area contributed by atoms with Crippen molar-refractivity contribution >= 4 is 5.82 Å². The van der Waals surface area contributed by atoms with E-state index >= 15 is 0 Å². The fourth-order valence-corrected chi connectivity index (χ4v) is 2.96. The third kappa shape index (κ3) is 3.87. The third-order valence-electron chi connectivity index (χ3n) is 4.01. The molecule has 2 rings (SSSR count). The van der Waals surface area contributed by atoms with Crippen LogP contribution in [0.5, 0.6) is 0 Å². The Bertz CT molecular complexity index is 454. The van der Waals surface area contributed by atoms with Crippen molar-refractivity contribution in [2.75, 3.05) is 11.4 Å². The van der Waals surface area contributed by atoms with Crippen molar-refractivity contribution in [2.45, 2.75) is 57.3 Å². The van der Waals surface area contributed by atoms with Crippen LogP contribution < -0.4 is 10.6 Å². The van der Waals surface area contributed by atoms with E-state index in [0.717, 1.165) is 38.2 Å². The van der Waals surface area contributed by atoms with E-state index in [1.165, 1.54) is 12.3 Å². The standard InChI is InChI=1S/C15H22F3N3/c1-2-10-21(12-7-5-11(19)6-8-12)14-13(15(16,17)18)4-3-9-20-14/h3-4,9,11-12H,2,5-8,10,19H2,1H3. The first-order valence-corrected chi connectivity index (χ1v) is 7.48. The maximum atomic E-state index is 13.2. The first-order chi connectivity index (χ1) is 9.93. The van der Waals surface area contributed by atoms with Gasteiger partial charge in [0.2, 0.25) is 0 Å². The van der Waals surface area contributed by atoms with Gasteiger partial charge in [0, 0.05) is 24.8 Å². The van der Waals surface area contributed by atoms with E-state index in [0.29, 0.717) is 6.54 Å². The summed E-state index contributed by atoms with van der Waals surface area (Å²) in [5.74, 6) is 0.0623. The molecule has 1 heterocycles. The van der Waals surface area contributed by atoms with Crippen molar-refractivity contribution in [3.63, 3.8) is 0 Å². The molecule has 0 radical (unpaired) electrons. The minimum absolute atomic E-state index is 0.0623. The first-order valence-electron chi connectivity index (χ1n) is 7.48. The molecule has 0 amide bonds. The van der Waals surface area contributed by atoms with Gasteiger partial charge in [0.05, 0.1) is 5.56 Å². The Labute approximate surface area is 123 Å². The summed E-state index contributed by atoms with van der Waals surface area (Å²) in [6.07, 6.45) is 1.22. The van der Waals surface area contributed by atoms with E-state index < -0.39 is 11.7 Å². The Morgan fingerprint density at radius 1 is 1.29 bits per heavy atom. The number of nitrogens with zero attached hydrogens (tertiary/aromatic N) is 2. The van der Waals surface area contributed by atoms with Gasteiger partial charge in [-0.15, -0.1) is 0 Å². The highest BCUT2D eigenvalue weighted by molar-refractivity contribution is 5.49. The Hall–Kier alpha value is -1.30. The highest BCUT2D eigenvalue weighted by atomic mass is 19.4. The molecule has 1 fully saturated rings. The predicted octanol–water partition coefficient (Wildman–Crippen LogP) is 3.59. The Kier molecular flexibility index (Phi) is 5.08. The topological polar surface area (TPSA) is 42.2 Å². The van der Waals surface area contributed by atoms with E-state index in [9.17, 15) is 13.2 Å². The quantitative estimate of drug-likeness (QED) is 0.924. The van der Waals surface area contributed by atoms with Crippen molar-refractivity contribution < 1.29 is 13.2 Å². The SMILES string of the molecule is CCCN(c1ncccc1C(F)(F)F)C1CCC(N)CC1. The van der Waals surface area contributed by atoms with Crippen LogP contribution in [0.1, 0.15) is 44.6 Å². The van der Waals surface area contributed by atoms with E-state index in [4.69, 9.17) is 5.73 Å². The molecule has 0 spiro atoms. The molecule has 1 aliphatic rings. The van der Waals surface area contributed by atoms with Gasteiger partial charge >= 0.3 is 6.18 Å². The fraction of sp³-hybridized carbons (Fsp3) is 0.667. The number of rotatable bonds is 4. The lowest BCUT2D eigenvalue weighted by Gasteiger charge is -2.37. The Balaban J connectivity index is 2.30. The van der Waals surface area contributed by atoms with Gasteiger partial charge in [0.1, 0.15) is 5.82 Å². The molecule has 0 aliphatic heterocycles. The maximum Gasteiger partial charge on any atom is 0.419 e. The second-order valence-corrected chi connectivity index (χ2v) is 5.63. The van der Waals surface area contributed by atoms with E-state index in [1.807, 2.05) is 11.8 Å². The number of aromatic nitrogens is 1. The summed E-state index contributed by atoms with van der Waals surface area (Å²) < 4.78 is 39.6. The lowest BCUT2D eigenvalue weighted by Crippen LogP contribution is -2.42. The van der Waals surface area contributed by atoms with Crippen molar-refractivity contribution in [1.82, 2.24) is 4.98 Å². The van der Waals surface area contributed by atoms with Gasteiger partial charge in [0.25, 0.3) is 0 Å². The van der Waals surface area contributed by atoms with E-state index in [-0.39, 0.29) is 17.9 Å². The highest BCUT2D eigenvalue weighted by Crippen LogP contribution is 2.37. The van der Waals surface area contributed by atoms with Crippen LogP contribution in [0.2, 0.25) is 0 Å². The molecule has 0 unspecified atom stereocenters. The molecule has 0 saturated heterocycles. The monoisotopic (exact) mass is 301 g/mol. The Morgan fingerprint density at radius 3 is 2.52 bits per heavy atom. The number of hydrogen-bond acceptors (Lipinski definition) is 3. The predicted molar refractivity (Wildman–Crippen MR) is 77.1 cm³/mol. The molecule has 1 saturated carbocycles. The number of anilines is 1. The summed E-state index contributed by atoms with van der Waals surface area (Å²) in [6, 6.07) is 2.73. The van der Waals surface area contributed by atoms with Crippen LogP contribution in [0.25, 0.3) is 0 Å². The molecule has 1 aromatic rings. The number of nitrogens with two attached hydrogens (primary N) is 1. The molecule has 2 N–H and O–H groups in total. The molecule has 1 aromatic heterocycles. The van der Waals surface area contributed by atoms with E-state index in [1.54, 1.807) is 0 Å². The van der Waals surface area contributed by atoms with E-state index in [2.05, 4.69) is 4.98 Å². The lowest BCUT2D eigenvalue weighted by molar-refractivity contribution is -0.137. The third-order valence-corrected chi connectivity index (χ3v) is 4.01. The number of pyridine rings is 1. The molecule has 0 aromatic carbocycles. The van der Waals surface area contributed by atoms with Crippen molar-refractivity contribution in [1.29, 1.82) is 0 Å². The largest absolute Gasteiger partial charge is 0.419 e. The van der Waals surface area contributed by atoms with Crippen LogP contribution in [0.4, 0.5) is 19.0 Å². The van der Waals surface area contributed by atoms with Gasteiger partial charge in [-0.25, -0.2) is 4.98 Å². The average molecular weight is 301 g/mol. The molecular formula is C15H22F3N3. The molecule has 3 nitrogen and oxygen atoms in total. The number of alkyl halides is 3. The van der Waals surface area contributed by atoms with Crippen LogP contribution in [0.15, 0.2) is 18.3 Å². The molecule has 118 valence electrons. The maximum absolute atomic E-state index is 13.2. The summed E-state index contributed by atoms with van der Waals surface area (Å²) in [6.45, 7) is 2.55. The lowest BCUT2D eigenvalue weighted by atomic mass is 9.90. The minimum atomic E-state index is -4.37. The molecular weight excluding hydrogens is 279 g/mol. The van der Waals surface area contributed by atoms with Crippen LogP contribution in [0, 0.1) is 0 Å². The molecule has 1 aliphatic carbocycles. The molecule has 21 heavy (non-hydrogen) atoms. The van der Waals surface area contributed by atoms with Crippen molar-refractivity contribution in [3.8, 4) is 0 Å². The van der Waals surface area contributed by atoms with Crippen LogP contribution in [-0.4, -0.2) is 23.6 Å². The van der Waals surface area contributed by atoms with Crippen LogP contribution in [0.3, 0.4) is 0 Å². The minimum Gasteiger partial charge on any atom is -0.353 e. The zero-order valence-electron chi connectivity index (χ0n) is 12.2. The molecule has 0 atom stereocenters. The van der Waals surface area contributed by atoms with Gasteiger partial charge in [-0.05, 0) is 44.2 Å². The normalized spacial score (nSPS) is 23.1. The second-order valence-electron chi connectivity index (χ2n) is 5.63. The summed E-state index contributed by atoms with van der Waals surface area (Å²) in [7, 11) is 0. The molecule has 6 heteroatoms. The highest BCUT2D eigenvalue weighted by Gasteiger charge is 2.37. The fourth-order valence-electron chi connectivity index (χ4n) is 2.96. The first kappa shape index (κ1) is 16.1. The smallest absolute Gasteiger partial charge is 0.353 e. The number of halogens is 3. The Morgan fingerprint density at radius 2 is 1.95 bits per heavy atom. The van der Waals surface area contributed by atoms with Gasteiger partial charge in [-0.2, -0.15) is 13.2 Å². The van der Waals surface area contributed by atoms with Gasteiger partial charge in [0.15, 0.2) is 0 Å². The summed E-state index contributed by atoms with van der Waals surface area (Å²) in [5.41, 5.74) is 5.25. The summed E-state index contributed by atoms with van der Waals surface area (Å²) in [5, 5.41) is 0. The van der Waals surface area contributed by atoms with Crippen molar-refractivity contribution in [2.24, 2.45) is 5.73 Å². The summed E-state index contributed by atoms with van der Waals surface area (Å²) >= 11 is 0. The zero-order valence-corrected chi connectivity index (χ0v) is 12.2. The van der Waals surface area contributed by atoms with Gasteiger partial charge in [-0.1, -0.05) is 6.92 Å². The zero-order chi connectivity index (χ0) is 15.5. The van der Waals surface area contributed by atoms with Crippen molar-refractivity contribution in [3.05, 3.63) is 23.9 Å². The van der Waals surface area contributed by atoms with Gasteiger partial charge < -0.3 is 10.6 Å². The molecule has 0 bridgehead atoms. The average Bonchev–Trinajstić information content (AvgIpc) is 2.45. The second kappa shape index (κ2) is 6.64. The van der Waals surface area contributed by atoms with Crippen LogP contribution >= 0.6 is 0 Å². The summed E-state index contributed by atoms with van der Waals surface area (Å²) in [4.78, 5) is 5.86.